The van der Waals surface area contributed by atoms with E-state index in [9.17, 15) is 4.79 Å². The lowest BCUT2D eigenvalue weighted by Crippen LogP contribution is -2.24. The van der Waals surface area contributed by atoms with E-state index in [1.165, 1.54) is 6.47 Å². The van der Waals surface area contributed by atoms with E-state index in [1.807, 2.05) is 6.92 Å². The molecule has 0 spiro atoms. The van der Waals surface area contributed by atoms with Crippen molar-refractivity contribution < 1.29 is 9.53 Å². The maximum atomic E-state index is 9.97. The Labute approximate surface area is 75.3 Å². The normalized spacial score (nSPS) is 15.8. The summed E-state index contributed by atoms with van der Waals surface area (Å²) < 4.78 is 4.78. The topological polar surface area (TPSA) is 26.3 Å². The lowest BCUT2D eigenvalue weighted by atomic mass is 9.86. The number of ether oxygens (including phenoxy) is 1. The van der Waals surface area contributed by atoms with Crippen molar-refractivity contribution in [3.05, 3.63) is 0 Å². The fraction of sp³-hybridized carbons (Fsp3) is 0.900. The summed E-state index contributed by atoms with van der Waals surface area (Å²) in [6, 6.07) is 0. The van der Waals surface area contributed by atoms with Gasteiger partial charge in [-0.3, -0.25) is 0 Å². The van der Waals surface area contributed by atoms with Crippen molar-refractivity contribution in [3.63, 3.8) is 0 Å². The molecule has 12 heavy (non-hydrogen) atoms. The minimum Gasteiger partial charge on any atom is -0.454 e. The molecule has 71 valence electrons. The van der Waals surface area contributed by atoms with Gasteiger partial charge in [-0.2, -0.15) is 0 Å². The SMILES string of the molecule is CCC(CC)C(C)C(C)O[C]=O. The van der Waals surface area contributed by atoms with E-state index in [0.717, 1.165) is 12.8 Å². The Bertz CT molecular complexity index is 119. The van der Waals surface area contributed by atoms with Gasteiger partial charge in [0.05, 0.1) is 0 Å². The molecule has 0 aliphatic rings. The van der Waals surface area contributed by atoms with Crippen LogP contribution in [0.1, 0.15) is 40.5 Å². The van der Waals surface area contributed by atoms with Crippen molar-refractivity contribution in [2.75, 3.05) is 0 Å². The van der Waals surface area contributed by atoms with E-state index in [2.05, 4.69) is 20.8 Å². The Kier molecular flexibility index (Phi) is 5.77. The molecular formula is C10H19O2. The standard InChI is InChI=1S/C10H19O2/c1-5-10(6-2)8(3)9(4)12-7-11/h8-10H,5-6H2,1-4H3. The van der Waals surface area contributed by atoms with E-state index >= 15 is 0 Å². The second kappa shape index (κ2) is 6.04. The molecule has 0 aliphatic heterocycles. The maximum Gasteiger partial charge on any atom is 0.417 e. The van der Waals surface area contributed by atoms with Crippen LogP contribution in [0, 0.1) is 11.8 Å². The first kappa shape index (κ1) is 11.5. The summed E-state index contributed by atoms with van der Waals surface area (Å²) in [4.78, 5) is 9.97. The quantitative estimate of drug-likeness (QED) is 0.614. The molecule has 0 rings (SSSR count). The Hall–Kier alpha value is -0.530. The van der Waals surface area contributed by atoms with Crippen LogP contribution in [0.15, 0.2) is 0 Å². The van der Waals surface area contributed by atoms with Crippen molar-refractivity contribution in [1.82, 2.24) is 0 Å². The lowest BCUT2D eigenvalue weighted by Gasteiger charge is -2.25. The average Bonchev–Trinajstić information content (AvgIpc) is 2.07. The van der Waals surface area contributed by atoms with Gasteiger partial charge >= 0.3 is 6.47 Å². The first-order valence-electron chi connectivity index (χ1n) is 4.70. The minimum atomic E-state index is -0.00704. The highest BCUT2D eigenvalue weighted by molar-refractivity contribution is 5.38. The fourth-order valence-corrected chi connectivity index (χ4v) is 1.60. The predicted octanol–water partition coefficient (Wildman–Crippen LogP) is 2.53. The molecule has 0 saturated heterocycles. The zero-order chi connectivity index (χ0) is 9.56. The molecule has 0 aromatic rings. The average molecular weight is 171 g/mol. The van der Waals surface area contributed by atoms with Crippen LogP contribution >= 0.6 is 0 Å². The lowest BCUT2D eigenvalue weighted by molar-refractivity contribution is 0.101. The third-order valence-corrected chi connectivity index (χ3v) is 2.77. The highest BCUT2D eigenvalue weighted by Gasteiger charge is 2.20. The van der Waals surface area contributed by atoms with Crippen LogP contribution in [0.4, 0.5) is 0 Å². The van der Waals surface area contributed by atoms with Gasteiger partial charge in [0.15, 0.2) is 0 Å². The van der Waals surface area contributed by atoms with Crippen molar-refractivity contribution in [2.24, 2.45) is 11.8 Å². The molecule has 0 aromatic carbocycles. The van der Waals surface area contributed by atoms with Crippen LogP contribution < -0.4 is 0 Å². The fourth-order valence-electron chi connectivity index (χ4n) is 1.60. The molecule has 0 amide bonds. The van der Waals surface area contributed by atoms with Crippen LogP contribution in [0.2, 0.25) is 0 Å². The Morgan fingerprint density at radius 2 is 1.75 bits per heavy atom. The van der Waals surface area contributed by atoms with Crippen molar-refractivity contribution >= 4 is 6.47 Å². The Balaban J connectivity index is 3.95. The third kappa shape index (κ3) is 3.24. The predicted molar refractivity (Wildman–Crippen MR) is 49.5 cm³/mol. The van der Waals surface area contributed by atoms with Gasteiger partial charge in [0.2, 0.25) is 0 Å². The third-order valence-electron chi connectivity index (χ3n) is 2.77. The summed E-state index contributed by atoms with van der Waals surface area (Å²) >= 11 is 0. The van der Waals surface area contributed by atoms with E-state index in [4.69, 9.17) is 4.74 Å². The molecular weight excluding hydrogens is 152 g/mol. The number of rotatable bonds is 6. The van der Waals surface area contributed by atoms with Gasteiger partial charge < -0.3 is 4.74 Å². The smallest absolute Gasteiger partial charge is 0.417 e. The molecule has 0 aliphatic carbocycles. The summed E-state index contributed by atoms with van der Waals surface area (Å²) in [6.07, 6.45) is 2.28. The molecule has 2 heteroatoms. The summed E-state index contributed by atoms with van der Waals surface area (Å²) in [7, 11) is 0. The zero-order valence-electron chi connectivity index (χ0n) is 8.46. The molecule has 0 aromatic heterocycles. The second-order valence-electron chi connectivity index (χ2n) is 3.34. The van der Waals surface area contributed by atoms with Crippen LogP contribution in [0.25, 0.3) is 0 Å². The van der Waals surface area contributed by atoms with Gasteiger partial charge in [-0.1, -0.05) is 33.6 Å². The first-order valence-corrected chi connectivity index (χ1v) is 4.70. The van der Waals surface area contributed by atoms with E-state index in [1.54, 1.807) is 0 Å². The molecule has 2 unspecified atom stereocenters. The second-order valence-corrected chi connectivity index (χ2v) is 3.34. The van der Waals surface area contributed by atoms with E-state index < -0.39 is 0 Å². The van der Waals surface area contributed by atoms with Crippen molar-refractivity contribution in [3.8, 4) is 0 Å². The van der Waals surface area contributed by atoms with Crippen LogP contribution in [-0.2, 0) is 9.53 Å². The molecule has 0 fully saturated rings. The Morgan fingerprint density at radius 3 is 2.08 bits per heavy atom. The summed E-state index contributed by atoms with van der Waals surface area (Å²) in [5.74, 6) is 1.08. The molecule has 0 saturated carbocycles. The summed E-state index contributed by atoms with van der Waals surface area (Å²) in [6.45, 7) is 9.89. The van der Waals surface area contributed by atoms with Gasteiger partial charge in [-0.05, 0) is 18.8 Å². The van der Waals surface area contributed by atoms with Crippen LogP contribution in [0.3, 0.4) is 0 Å². The van der Waals surface area contributed by atoms with Gasteiger partial charge in [0, 0.05) is 0 Å². The molecule has 1 radical (unpaired) electrons. The maximum absolute atomic E-state index is 9.97. The van der Waals surface area contributed by atoms with Crippen LogP contribution in [-0.4, -0.2) is 12.6 Å². The molecule has 0 heterocycles. The van der Waals surface area contributed by atoms with Gasteiger partial charge in [-0.25, -0.2) is 4.79 Å². The summed E-state index contributed by atoms with van der Waals surface area (Å²) in [5, 5.41) is 0. The van der Waals surface area contributed by atoms with Gasteiger partial charge in [0.25, 0.3) is 0 Å². The summed E-state index contributed by atoms with van der Waals surface area (Å²) in [5.41, 5.74) is 0. The van der Waals surface area contributed by atoms with Crippen molar-refractivity contribution in [2.45, 2.75) is 46.6 Å². The van der Waals surface area contributed by atoms with Crippen molar-refractivity contribution in [1.29, 1.82) is 0 Å². The van der Waals surface area contributed by atoms with E-state index in [-0.39, 0.29) is 6.10 Å². The van der Waals surface area contributed by atoms with E-state index in [0.29, 0.717) is 11.8 Å². The monoisotopic (exact) mass is 171 g/mol. The molecule has 0 bridgehead atoms. The highest BCUT2D eigenvalue weighted by Crippen LogP contribution is 2.23. The number of carbonyl (C=O) groups excluding carboxylic acids is 1. The molecule has 2 atom stereocenters. The largest absolute Gasteiger partial charge is 0.454 e. The number of hydrogen-bond donors (Lipinski definition) is 0. The Morgan fingerprint density at radius 1 is 1.25 bits per heavy atom. The molecule has 0 N–H and O–H groups in total. The van der Waals surface area contributed by atoms with Gasteiger partial charge in [-0.15, -0.1) is 0 Å². The highest BCUT2D eigenvalue weighted by atomic mass is 16.5. The molecule has 2 nitrogen and oxygen atoms in total. The van der Waals surface area contributed by atoms with Crippen LogP contribution in [0.5, 0.6) is 0 Å². The minimum absolute atomic E-state index is 0.00704. The zero-order valence-corrected chi connectivity index (χ0v) is 8.46. The first-order chi connectivity index (χ1) is 5.67. The van der Waals surface area contributed by atoms with Gasteiger partial charge in [0.1, 0.15) is 6.10 Å². The number of hydrogen-bond acceptors (Lipinski definition) is 2.